The summed E-state index contributed by atoms with van der Waals surface area (Å²) in [4.78, 5) is 12.2. The van der Waals surface area contributed by atoms with Crippen LogP contribution in [0.3, 0.4) is 0 Å². The standard InChI is InChI=1S/C16H31N3O3S/c1-3-23(21,22)19-9-6-15(7-10-19)18-16(20)11-13(2)14-5-4-8-17-12-14/h13-15,17H,3-12H2,1-2H3,(H,18,20). The van der Waals surface area contributed by atoms with E-state index in [1.807, 2.05) is 0 Å². The van der Waals surface area contributed by atoms with Crippen LogP contribution in [0, 0.1) is 11.8 Å². The lowest BCUT2D eigenvalue weighted by Crippen LogP contribution is -2.47. The van der Waals surface area contributed by atoms with E-state index < -0.39 is 10.0 Å². The van der Waals surface area contributed by atoms with Gasteiger partial charge in [-0.2, -0.15) is 0 Å². The third kappa shape index (κ3) is 5.43. The number of sulfonamides is 1. The fraction of sp³-hybridized carbons (Fsp3) is 0.938. The molecule has 6 nitrogen and oxygen atoms in total. The summed E-state index contributed by atoms with van der Waals surface area (Å²) < 4.78 is 25.2. The molecule has 2 aliphatic rings. The van der Waals surface area contributed by atoms with Crippen LogP contribution in [0.5, 0.6) is 0 Å². The molecule has 0 aromatic rings. The number of carbonyl (C=O) groups excluding carboxylic acids is 1. The molecule has 0 saturated carbocycles. The SMILES string of the molecule is CCS(=O)(=O)N1CCC(NC(=O)CC(C)C2CCCNC2)CC1. The number of nitrogens with zero attached hydrogens (tertiary/aromatic N) is 1. The molecule has 0 bridgehead atoms. The van der Waals surface area contributed by atoms with Crippen molar-refractivity contribution >= 4 is 15.9 Å². The van der Waals surface area contributed by atoms with Gasteiger partial charge in [0.15, 0.2) is 0 Å². The van der Waals surface area contributed by atoms with Gasteiger partial charge in [-0.1, -0.05) is 6.92 Å². The molecule has 134 valence electrons. The maximum Gasteiger partial charge on any atom is 0.220 e. The van der Waals surface area contributed by atoms with Gasteiger partial charge >= 0.3 is 0 Å². The number of hydrogen-bond donors (Lipinski definition) is 2. The van der Waals surface area contributed by atoms with Crippen molar-refractivity contribution in [1.29, 1.82) is 0 Å². The highest BCUT2D eigenvalue weighted by Crippen LogP contribution is 2.23. The van der Waals surface area contributed by atoms with E-state index in [-0.39, 0.29) is 17.7 Å². The van der Waals surface area contributed by atoms with Gasteiger partial charge in [0.1, 0.15) is 0 Å². The van der Waals surface area contributed by atoms with Crippen LogP contribution in [0.15, 0.2) is 0 Å². The van der Waals surface area contributed by atoms with Crippen LogP contribution >= 0.6 is 0 Å². The van der Waals surface area contributed by atoms with Crippen LogP contribution in [0.1, 0.15) is 46.0 Å². The normalized spacial score (nSPS) is 25.9. The predicted molar refractivity (Wildman–Crippen MR) is 91.6 cm³/mol. The first-order valence-electron chi connectivity index (χ1n) is 8.90. The Morgan fingerprint density at radius 3 is 2.57 bits per heavy atom. The van der Waals surface area contributed by atoms with Crippen molar-refractivity contribution in [3.8, 4) is 0 Å². The molecule has 2 fully saturated rings. The van der Waals surface area contributed by atoms with Gasteiger partial charge < -0.3 is 10.6 Å². The Labute approximate surface area is 140 Å². The second-order valence-corrected chi connectivity index (χ2v) is 9.19. The quantitative estimate of drug-likeness (QED) is 0.751. The summed E-state index contributed by atoms with van der Waals surface area (Å²) in [5.41, 5.74) is 0. The molecule has 0 radical (unpaired) electrons. The van der Waals surface area contributed by atoms with Crippen LogP contribution < -0.4 is 10.6 Å². The average molecular weight is 346 g/mol. The van der Waals surface area contributed by atoms with E-state index in [0.717, 1.165) is 13.1 Å². The molecule has 0 aliphatic carbocycles. The second-order valence-electron chi connectivity index (χ2n) is 6.93. The Hall–Kier alpha value is -0.660. The first kappa shape index (κ1) is 18.7. The van der Waals surface area contributed by atoms with Gasteiger partial charge in [-0.05, 0) is 57.5 Å². The largest absolute Gasteiger partial charge is 0.353 e. The van der Waals surface area contributed by atoms with E-state index in [1.54, 1.807) is 11.2 Å². The zero-order valence-electron chi connectivity index (χ0n) is 14.4. The molecule has 2 unspecified atom stereocenters. The molecule has 2 saturated heterocycles. The smallest absolute Gasteiger partial charge is 0.220 e. The second kappa shape index (κ2) is 8.44. The van der Waals surface area contributed by atoms with E-state index in [9.17, 15) is 13.2 Å². The lowest BCUT2D eigenvalue weighted by molar-refractivity contribution is -0.123. The van der Waals surface area contributed by atoms with E-state index in [0.29, 0.717) is 44.2 Å². The lowest BCUT2D eigenvalue weighted by atomic mass is 9.85. The molecular weight excluding hydrogens is 314 g/mol. The molecule has 0 aromatic carbocycles. The Kier molecular flexibility index (Phi) is 6.85. The molecule has 2 rings (SSSR count). The molecule has 2 N–H and O–H groups in total. The average Bonchev–Trinajstić information content (AvgIpc) is 2.56. The summed E-state index contributed by atoms with van der Waals surface area (Å²) in [7, 11) is -3.09. The van der Waals surface area contributed by atoms with Gasteiger partial charge in [-0.15, -0.1) is 0 Å². The van der Waals surface area contributed by atoms with Crippen LogP contribution in [0.2, 0.25) is 0 Å². The molecule has 7 heteroatoms. The number of nitrogens with one attached hydrogen (secondary N) is 2. The minimum atomic E-state index is -3.09. The third-order valence-electron chi connectivity index (χ3n) is 5.22. The van der Waals surface area contributed by atoms with Crippen LogP contribution in [0.4, 0.5) is 0 Å². The molecule has 2 aliphatic heterocycles. The van der Waals surface area contributed by atoms with Crippen molar-refractivity contribution in [1.82, 2.24) is 14.9 Å². The van der Waals surface area contributed by atoms with Crippen molar-refractivity contribution in [3.05, 3.63) is 0 Å². The van der Waals surface area contributed by atoms with Gasteiger partial charge in [-0.3, -0.25) is 4.79 Å². The maximum absolute atomic E-state index is 12.2. The fourth-order valence-corrected chi connectivity index (χ4v) is 4.70. The monoisotopic (exact) mass is 345 g/mol. The Morgan fingerprint density at radius 1 is 1.30 bits per heavy atom. The van der Waals surface area contributed by atoms with Crippen molar-refractivity contribution in [2.24, 2.45) is 11.8 Å². The van der Waals surface area contributed by atoms with Crippen LogP contribution in [-0.2, 0) is 14.8 Å². The number of hydrogen-bond acceptors (Lipinski definition) is 4. The molecule has 23 heavy (non-hydrogen) atoms. The zero-order chi connectivity index (χ0) is 16.9. The number of rotatable bonds is 6. The fourth-order valence-electron chi connectivity index (χ4n) is 3.57. The summed E-state index contributed by atoms with van der Waals surface area (Å²) in [6.45, 7) is 6.97. The Bertz CT molecular complexity index is 481. The number of carbonyl (C=O) groups is 1. The van der Waals surface area contributed by atoms with Crippen LogP contribution in [0.25, 0.3) is 0 Å². The summed E-state index contributed by atoms with van der Waals surface area (Å²) in [5.74, 6) is 1.24. The minimum absolute atomic E-state index is 0.111. The van der Waals surface area contributed by atoms with E-state index in [1.165, 1.54) is 12.8 Å². The molecule has 2 heterocycles. The molecule has 2 atom stereocenters. The Morgan fingerprint density at radius 2 is 2.00 bits per heavy atom. The van der Waals surface area contributed by atoms with Crippen molar-refractivity contribution in [2.45, 2.75) is 52.0 Å². The van der Waals surface area contributed by atoms with Gasteiger partial charge in [0, 0.05) is 25.6 Å². The van der Waals surface area contributed by atoms with Gasteiger partial charge in [0.25, 0.3) is 0 Å². The van der Waals surface area contributed by atoms with Gasteiger partial charge in [0.2, 0.25) is 15.9 Å². The highest BCUT2D eigenvalue weighted by atomic mass is 32.2. The lowest BCUT2D eigenvalue weighted by Gasteiger charge is -2.32. The first-order chi connectivity index (χ1) is 10.9. The third-order valence-corrected chi connectivity index (χ3v) is 7.11. The topological polar surface area (TPSA) is 78.5 Å². The molecule has 0 aromatic heterocycles. The summed E-state index contributed by atoms with van der Waals surface area (Å²) in [6, 6.07) is 0.113. The van der Waals surface area contributed by atoms with Gasteiger partial charge in [-0.25, -0.2) is 12.7 Å². The Balaban J connectivity index is 1.72. The zero-order valence-corrected chi connectivity index (χ0v) is 15.2. The number of piperidine rings is 2. The first-order valence-corrected chi connectivity index (χ1v) is 10.5. The van der Waals surface area contributed by atoms with E-state index in [2.05, 4.69) is 17.6 Å². The summed E-state index contributed by atoms with van der Waals surface area (Å²) >= 11 is 0. The highest BCUT2D eigenvalue weighted by molar-refractivity contribution is 7.89. The summed E-state index contributed by atoms with van der Waals surface area (Å²) in [5, 5.41) is 6.50. The molecular formula is C16H31N3O3S. The molecule has 0 spiro atoms. The van der Waals surface area contributed by atoms with Crippen molar-refractivity contribution in [2.75, 3.05) is 31.9 Å². The predicted octanol–water partition coefficient (Wildman–Crippen LogP) is 0.943. The minimum Gasteiger partial charge on any atom is -0.353 e. The highest BCUT2D eigenvalue weighted by Gasteiger charge is 2.28. The summed E-state index contributed by atoms with van der Waals surface area (Å²) in [6.07, 6.45) is 4.39. The maximum atomic E-state index is 12.2. The van der Waals surface area contributed by atoms with Crippen molar-refractivity contribution in [3.63, 3.8) is 0 Å². The number of amides is 1. The van der Waals surface area contributed by atoms with E-state index in [4.69, 9.17) is 0 Å². The van der Waals surface area contributed by atoms with E-state index >= 15 is 0 Å². The van der Waals surface area contributed by atoms with Crippen molar-refractivity contribution < 1.29 is 13.2 Å². The van der Waals surface area contributed by atoms with Crippen LogP contribution in [-0.4, -0.2) is 56.6 Å². The molecule has 1 amide bonds. The van der Waals surface area contributed by atoms with Gasteiger partial charge in [0.05, 0.1) is 5.75 Å².